The molecule has 0 aliphatic heterocycles. The Morgan fingerprint density at radius 3 is 2.90 bits per heavy atom. The van der Waals surface area contributed by atoms with Crippen LogP contribution in [-0.4, -0.2) is 33.2 Å². The number of benzene rings is 1. The molecule has 6 heteroatoms. The van der Waals surface area contributed by atoms with E-state index in [1.165, 1.54) is 12.8 Å². The molecule has 1 aromatic carbocycles. The highest BCUT2D eigenvalue weighted by atomic mass is 35.5. The molecule has 2 N–H and O–H groups in total. The molecule has 1 fully saturated rings. The van der Waals surface area contributed by atoms with E-state index in [1.54, 1.807) is 13.2 Å². The number of aromatic nitrogens is 2. The van der Waals surface area contributed by atoms with Gasteiger partial charge in [-0.1, -0.05) is 24.3 Å². The molecule has 0 spiro atoms. The number of alkyl halides is 1. The van der Waals surface area contributed by atoms with Crippen molar-refractivity contribution in [2.24, 2.45) is 16.8 Å². The number of aromatic amines is 1. The first-order chi connectivity index (χ1) is 14.6. The summed E-state index contributed by atoms with van der Waals surface area (Å²) in [7, 11) is 1.80. The van der Waals surface area contributed by atoms with Crippen LogP contribution < -0.4 is 4.74 Å². The molecule has 4 rings (SSSR count). The molecule has 2 unspecified atom stereocenters. The number of allylic oxidation sites excluding steroid dienone is 4. The first-order valence-electron chi connectivity index (χ1n) is 10.5. The van der Waals surface area contributed by atoms with Gasteiger partial charge in [-0.3, -0.25) is 4.99 Å². The van der Waals surface area contributed by atoms with Gasteiger partial charge in [0.15, 0.2) is 0 Å². The number of nitrogens with one attached hydrogen (secondary N) is 1. The van der Waals surface area contributed by atoms with Gasteiger partial charge in [-0.05, 0) is 66.9 Å². The van der Waals surface area contributed by atoms with Crippen LogP contribution >= 0.6 is 11.6 Å². The maximum atomic E-state index is 9.43. The number of aryl methyl sites for hydroxylation is 1. The van der Waals surface area contributed by atoms with Gasteiger partial charge < -0.3 is 14.8 Å². The summed E-state index contributed by atoms with van der Waals surface area (Å²) in [5.74, 6) is 2.19. The minimum Gasteiger partial charge on any atom is -0.426 e. The number of ether oxygens (including phenoxy) is 1. The highest BCUT2D eigenvalue weighted by Gasteiger charge is 2.30. The van der Waals surface area contributed by atoms with Crippen molar-refractivity contribution >= 4 is 17.3 Å². The van der Waals surface area contributed by atoms with Crippen LogP contribution in [0.4, 0.5) is 0 Å². The molecule has 0 amide bonds. The second kappa shape index (κ2) is 9.19. The molecular weight excluding hydrogens is 398 g/mol. The van der Waals surface area contributed by atoms with Crippen LogP contribution in [0.2, 0.25) is 0 Å². The summed E-state index contributed by atoms with van der Waals surface area (Å²) in [6.07, 6.45) is 12.9. The summed E-state index contributed by atoms with van der Waals surface area (Å²) in [5, 5.41) is 9.17. The smallest absolute Gasteiger partial charge is 0.299 e. The minimum atomic E-state index is -0.253. The van der Waals surface area contributed by atoms with Gasteiger partial charge in [-0.15, -0.1) is 11.6 Å². The molecule has 1 aromatic heterocycles. The Hall–Kier alpha value is -2.37. The predicted molar refractivity (Wildman–Crippen MR) is 121 cm³/mol. The van der Waals surface area contributed by atoms with Crippen LogP contribution in [0.1, 0.15) is 36.1 Å². The third kappa shape index (κ3) is 4.85. The van der Waals surface area contributed by atoms with Crippen LogP contribution in [0.3, 0.4) is 0 Å². The average molecular weight is 426 g/mol. The maximum absolute atomic E-state index is 9.43. The van der Waals surface area contributed by atoms with Crippen molar-refractivity contribution in [2.45, 2.75) is 44.6 Å². The molecule has 2 atom stereocenters. The van der Waals surface area contributed by atoms with Gasteiger partial charge in [0, 0.05) is 19.2 Å². The molecule has 1 heterocycles. The number of hydrogen-bond acceptors (Lipinski definition) is 4. The summed E-state index contributed by atoms with van der Waals surface area (Å²) in [5.41, 5.74) is 4.78. The average Bonchev–Trinajstić information content (AvgIpc) is 3.51. The van der Waals surface area contributed by atoms with E-state index in [4.69, 9.17) is 16.3 Å². The van der Waals surface area contributed by atoms with E-state index in [0.717, 1.165) is 40.4 Å². The highest BCUT2D eigenvalue weighted by molar-refractivity contribution is 6.35. The lowest BCUT2D eigenvalue weighted by atomic mass is 9.90. The number of rotatable bonds is 8. The molecule has 2 aromatic rings. The third-order valence-corrected chi connectivity index (χ3v) is 6.26. The van der Waals surface area contributed by atoms with Gasteiger partial charge in [0.2, 0.25) is 0 Å². The van der Waals surface area contributed by atoms with E-state index < -0.39 is 0 Å². The third-order valence-electron chi connectivity index (χ3n) is 5.90. The lowest BCUT2D eigenvalue weighted by Gasteiger charge is -2.19. The molecular formula is C24H28ClN3O2. The lowest BCUT2D eigenvalue weighted by Crippen LogP contribution is -2.21. The number of aliphatic hydroxyl groups is 1. The van der Waals surface area contributed by atoms with Crippen LogP contribution in [0, 0.1) is 18.8 Å². The van der Waals surface area contributed by atoms with Crippen LogP contribution in [0.5, 0.6) is 11.8 Å². The highest BCUT2D eigenvalue weighted by Crippen LogP contribution is 2.41. The Morgan fingerprint density at radius 2 is 2.23 bits per heavy atom. The summed E-state index contributed by atoms with van der Waals surface area (Å²) < 4.78 is 5.81. The molecule has 1 saturated carbocycles. The van der Waals surface area contributed by atoms with Gasteiger partial charge in [-0.2, -0.15) is 0 Å². The Balaban J connectivity index is 1.38. The van der Waals surface area contributed by atoms with Gasteiger partial charge in [0.25, 0.3) is 6.01 Å². The van der Waals surface area contributed by atoms with Crippen LogP contribution in [-0.2, 0) is 13.0 Å². The zero-order valence-electron chi connectivity index (χ0n) is 17.4. The number of hydrogen-bond donors (Lipinski definition) is 2. The number of aliphatic imine (C=N–C) groups is 1. The van der Waals surface area contributed by atoms with E-state index in [9.17, 15) is 5.11 Å². The van der Waals surface area contributed by atoms with Crippen LogP contribution in [0.15, 0.2) is 53.2 Å². The fourth-order valence-corrected chi connectivity index (χ4v) is 4.32. The largest absolute Gasteiger partial charge is 0.426 e. The van der Waals surface area contributed by atoms with Crippen molar-refractivity contribution in [1.29, 1.82) is 0 Å². The van der Waals surface area contributed by atoms with Gasteiger partial charge in [0.05, 0.1) is 23.9 Å². The molecule has 0 saturated heterocycles. The summed E-state index contributed by atoms with van der Waals surface area (Å²) in [4.78, 5) is 12.0. The quantitative estimate of drug-likeness (QED) is 0.454. The number of imidazole rings is 1. The standard InChI is InChI=1S/C24H28ClN3O2/c1-15-3-10-21(11-19(15)14-29)30-24-27-13-20(28-24)12-22(25)23(26-2)18-8-6-17(7-9-18)16-4-5-16/h3,6,8-11,13,16-17,22,29H,4-5,7,12,14H2,1-2H3,(H,27,28). The Kier molecular flexibility index (Phi) is 6.40. The SMILES string of the molecule is CN=C(C1=CCC(C2CC2)C=C1)C(Cl)Cc1cnc(Oc2ccc(C)c(CO)c2)[nH]1. The Labute approximate surface area is 182 Å². The monoisotopic (exact) mass is 425 g/mol. The zero-order valence-corrected chi connectivity index (χ0v) is 18.2. The number of halogens is 1. The van der Waals surface area contributed by atoms with Crippen molar-refractivity contribution < 1.29 is 9.84 Å². The van der Waals surface area contributed by atoms with Crippen molar-refractivity contribution in [2.75, 3.05) is 7.05 Å². The fourth-order valence-electron chi connectivity index (χ4n) is 3.93. The number of aliphatic hydroxyl groups excluding tert-OH is 1. The second-order valence-electron chi connectivity index (χ2n) is 8.10. The van der Waals surface area contributed by atoms with Crippen molar-refractivity contribution in [3.8, 4) is 11.8 Å². The Bertz CT molecular complexity index is 988. The molecule has 0 bridgehead atoms. The molecule has 0 radical (unpaired) electrons. The number of nitrogens with zero attached hydrogens (tertiary/aromatic N) is 2. The maximum Gasteiger partial charge on any atom is 0.299 e. The van der Waals surface area contributed by atoms with Gasteiger partial charge in [0.1, 0.15) is 5.75 Å². The first kappa shape index (κ1) is 20.9. The zero-order chi connectivity index (χ0) is 21.1. The number of H-pyrrole nitrogens is 1. The summed E-state index contributed by atoms with van der Waals surface area (Å²) in [6.45, 7) is 1.93. The molecule has 30 heavy (non-hydrogen) atoms. The van der Waals surface area contributed by atoms with Crippen LogP contribution in [0.25, 0.3) is 0 Å². The van der Waals surface area contributed by atoms with E-state index in [0.29, 0.717) is 24.1 Å². The van der Waals surface area contributed by atoms with E-state index in [1.807, 2.05) is 25.1 Å². The van der Waals surface area contributed by atoms with Gasteiger partial charge in [-0.25, -0.2) is 4.98 Å². The van der Waals surface area contributed by atoms with Gasteiger partial charge >= 0.3 is 0 Å². The normalized spacial score (nSPS) is 20.2. The van der Waals surface area contributed by atoms with Crippen molar-refractivity contribution in [1.82, 2.24) is 9.97 Å². The second-order valence-corrected chi connectivity index (χ2v) is 8.62. The summed E-state index contributed by atoms with van der Waals surface area (Å²) >= 11 is 6.73. The first-order valence-corrected chi connectivity index (χ1v) is 10.9. The van der Waals surface area contributed by atoms with E-state index in [-0.39, 0.29) is 12.0 Å². The summed E-state index contributed by atoms with van der Waals surface area (Å²) in [6, 6.07) is 6.00. The Morgan fingerprint density at radius 1 is 1.40 bits per heavy atom. The van der Waals surface area contributed by atoms with E-state index >= 15 is 0 Å². The minimum absolute atomic E-state index is 0.0226. The van der Waals surface area contributed by atoms with Crippen molar-refractivity contribution in [3.63, 3.8) is 0 Å². The predicted octanol–water partition coefficient (Wildman–Crippen LogP) is 5.14. The van der Waals surface area contributed by atoms with Crippen molar-refractivity contribution in [3.05, 3.63) is 65.0 Å². The molecule has 2 aliphatic carbocycles. The molecule has 5 nitrogen and oxygen atoms in total. The lowest BCUT2D eigenvalue weighted by molar-refractivity contribution is 0.280. The topological polar surface area (TPSA) is 70.5 Å². The molecule has 2 aliphatic rings. The molecule has 158 valence electrons. The van der Waals surface area contributed by atoms with E-state index in [2.05, 4.69) is 33.2 Å². The fraction of sp³-hybridized carbons (Fsp3) is 0.417.